The summed E-state index contributed by atoms with van der Waals surface area (Å²) in [7, 11) is 1.58. The van der Waals surface area contributed by atoms with Crippen molar-refractivity contribution in [1.82, 2.24) is 15.0 Å². The SMILES string of the molecule is COc1ccc(-n2nnc(CO)c2C2CCC2)cc1Cl. The van der Waals surface area contributed by atoms with Gasteiger partial charge in [-0.1, -0.05) is 23.2 Å². The van der Waals surface area contributed by atoms with Crippen LogP contribution in [-0.2, 0) is 6.61 Å². The molecule has 0 radical (unpaired) electrons. The normalized spacial score (nSPS) is 15.2. The minimum absolute atomic E-state index is 0.0876. The highest BCUT2D eigenvalue weighted by molar-refractivity contribution is 6.32. The Balaban J connectivity index is 2.05. The van der Waals surface area contributed by atoms with Crippen LogP contribution >= 0.6 is 11.6 Å². The Morgan fingerprint density at radius 3 is 2.80 bits per heavy atom. The van der Waals surface area contributed by atoms with E-state index in [9.17, 15) is 5.11 Å². The number of methoxy groups -OCH3 is 1. The van der Waals surface area contributed by atoms with Crippen molar-refractivity contribution in [3.05, 3.63) is 34.6 Å². The molecule has 0 amide bonds. The third kappa shape index (κ3) is 2.17. The topological polar surface area (TPSA) is 60.2 Å². The number of aliphatic hydroxyl groups excluding tert-OH is 1. The van der Waals surface area contributed by atoms with Crippen LogP contribution in [0.3, 0.4) is 0 Å². The first kappa shape index (κ1) is 13.4. The van der Waals surface area contributed by atoms with Gasteiger partial charge in [0.15, 0.2) is 0 Å². The molecule has 1 aromatic heterocycles. The molecule has 0 bridgehead atoms. The van der Waals surface area contributed by atoms with E-state index in [0.717, 1.165) is 24.2 Å². The van der Waals surface area contributed by atoms with E-state index in [1.807, 2.05) is 12.1 Å². The van der Waals surface area contributed by atoms with E-state index < -0.39 is 0 Å². The van der Waals surface area contributed by atoms with E-state index in [0.29, 0.717) is 22.4 Å². The molecule has 1 heterocycles. The quantitative estimate of drug-likeness (QED) is 0.941. The summed E-state index contributed by atoms with van der Waals surface area (Å²) in [4.78, 5) is 0. The lowest BCUT2D eigenvalue weighted by Crippen LogP contribution is -2.16. The van der Waals surface area contributed by atoms with Crippen molar-refractivity contribution in [2.75, 3.05) is 7.11 Å². The first-order valence-electron chi connectivity index (χ1n) is 6.64. The molecule has 0 saturated heterocycles. The van der Waals surface area contributed by atoms with Crippen LogP contribution in [0, 0.1) is 0 Å². The Bertz CT molecular complexity index is 623. The summed E-state index contributed by atoms with van der Waals surface area (Å²) >= 11 is 6.16. The number of aliphatic hydroxyl groups is 1. The average molecular weight is 294 g/mol. The van der Waals surface area contributed by atoms with Crippen LogP contribution in [0.1, 0.15) is 36.6 Å². The lowest BCUT2D eigenvalue weighted by molar-refractivity contribution is 0.272. The van der Waals surface area contributed by atoms with Crippen molar-refractivity contribution in [2.45, 2.75) is 31.8 Å². The summed E-state index contributed by atoms with van der Waals surface area (Å²) in [6.07, 6.45) is 3.44. The van der Waals surface area contributed by atoms with Crippen LogP contribution in [0.25, 0.3) is 5.69 Å². The summed E-state index contributed by atoms with van der Waals surface area (Å²) in [6, 6.07) is 5.50. The van der Waals surface area contributed by atoms with Gasteiger partial charge in [0.1, 0.15) is 11.4 Å². The van der Waals surface area contributed by atoms with Crippen LogP contribution in [0.5, 0.6) is 5.75 Å². The van der Waals surface area contributed by atoms with Crippen molar-refractivity contribution in [2.24, 2.45) is 0 Å². The maximum absolute atomic E-state index is 9.42. The number of aromatic nitrogens is 3. The number of ether oxygens (including phenoxy) is 1. The highest BCUT2D eigenvalue weighted by Gasteiger charge is 2.28. The van der Waals surface area contributed by atoms with E-state index in [1.54, 1.807) is 17.9 Å². The molecular formula is C14H16ClN3O2. The second-order valence-corrected chi connectivity index (χ2v) is 5.35. The summed E-state index contributed by atoms with van der Waals surface area (Å²) in [5.41, 5.74) is 2.49. The van der Waals surface area contributed by atoms with Gasteiger partial charge in [0, 0.05) is 5.92 Å². The van der Waals surface area contributed by atoms with Crippen LogP contribution in [0.2, 0.25) is 5.02 Å². The minimum atomic E-state index is -0.0876. The van der Waals surface area contributed by atoms with Gasteiger partial charge < -0.3 is 9.84 Å². The maximum atomic E-state index is 9.42. The fraction of sp³-hybridized carbons (Fsp3) is 0.429. The first-order valence-corrected chi connectivity index (χ1v) is 7.01. The van der Waals surface area contributed by atoms with Crippen molar-refractivity contribution in [1.29, 1.82) is 0 Å². The van der Waals surface area contributed by atoms with E-state index in [2.05, 4.69) is 10.3 Å². The highest BCUT2D eigenvalue weighted by Crippen LogP contribution is 2.39. The molecule has 1 aliphatic carbocycles. The second-order valence-electron chi connectivity index (χ2n) is 4.94. The van der Waals surface area contributed by atoms with Gasteiger partial charge in [0.25, 0.3) is 0 Å². The number of benzene rings is 1. The molecule has 3 rings (SSSR count). The Labute approximate surface area is 122 Å². The zero-order valence-electron chi connectivity index (χ0n) is 11.2. The monoisotopic (exact) mass is 293 g/mol. The predicted octanol–water partition coefficient (Wildman–Crippen LogP) is 2.69. The molecule has 0 unspecified atom stereocenters. The van der Waals surface area contributed by atoms with E-state index in [4.69, 9.17) is 16.3 Å². The number of rotatable bonds is 4. The fourth-order valence-electron chi connectivity index (χ4n) is 2.50. The smallest absolute Gasteiger partial charge is 0.137 e. The van der Waals surface area contributed by atoms with Gasteiger partial charge >= 0.3 is 0 Å². The van der Waals surface area contributed by atoms with Crippen LogP contribution in [0.4, 0.5) is 0 Å². The number of hydrogen-bond donors (Lipinski definition) is 1. The zero-order valence-corrected chi connectivity index (χ0v) is 12.0. The molecular weight excluding hydrogens is 278 g/mol. The number of hydrogen-bond acceptors (Lipinski definition) is 4. The van der Waals surface area contributed by atoms with Gasteiger partial charge in [-0.15, -0.1) is 5.10 Å². The van der Waals surface area contributed by atoms with Crippen molar-refractivity contribution >= 4 is 11.6 Å². The van der Waals surface area contributed by atoms with Gasteiger partial charge in [-0.25, -0.2) is 4.68 Å². The third-order valence-corrected chi connectivity index (χ3v) is 4.10. The van der Waals surface area contributed by atoms with Crippen LogP contribution < -0.4 is 4.74 Å². The standard InChI is InChI=1S/C14H16ClN3O2/c1-20-13-6-5-10(7-11(13)15)18-14(9-3-2-4-9)12(8-19)16-17-18/h5-7,9,19H,2-4,8H2,1H3. The molecule has 106 valence electrons. The number of nitrogens with zero attached hydrogens (tertiary/aromatic N) is 3. The Morgan fingerprint density at radius 1 is 1.45 bits per heavy atom. The van der Waals surface area contributed by atoms with E-state index >= 15 is 0 Å². The lowest BCUT2D eigenvalue weighted by Gasteiger charge is -2.26. The molecule has 0 atom stereocenters. The third-order valence-electron chi connectivity index (χ3n) is 3.80. The Hall–Kier alpha value is -1.59. The predicted molar refractivity (Wildman–Crippen MR) is 75.4 cm³/mol. The number of halogens is 1. The largest absolute Gasteiger partial charge is 0.495 e. The fourth-order valence-corrected chi connectivity index (χ4v) is 2.75. The molecule has 1 saturated carbocycles. The molecule has 20 heavy (non-hydrogen) atoms. The first-order chi connectivity index (χ1) is 9.74. The van der Waals surface area contributed by atoms with Gasteiger partial charge in [0.05, 0.1) is 30.1 Å². The molecule has 5 nitrogen and oxygen atoms in total. The summed E-state index contributed by atoms with van der Waals surface area (Å²) in [6.45, 7) is -0.0876. The van der Waals surface area contributed by atoms with Crippen molar-refractivity contribution in [3.63, 3.8) is 0 Å². The zero-order chi connectivity index (χ0) is 14.1. The van der Waals surface area contributed by atoms with Gasteiger partial charge in [-0.3, -0.25) is 0 Å². The molecule has 6 heteroatoms. The van der Waals surface area contributed by atoms with Crippen molar-refractivity contribution < 1.29 is 9.84 Å². The summed E-state index contributed by atoms with van der Waals surface area (Å²) in [5, 5.41) is 18.2. The van der Waals surface area contributed by atoms with E-state index in [1.165, 1.54) is 6.42 Å². The molecule has 1 fully saturated rings. The average Bonchev–Trinajstić information content (AvgIpc) is 2.80. The minimum Gasteiger partial charge on any atom is -0.495 e. The van der Waals surface area contributed by atoms with Crippen LogP contribution in [0.15, 0.2) is 18.2 Å². The highest BCUT2D eigenvalue weighted by atomic mass is 35.5. The van der Waals surface area contributed by atoms with Gasteiger partial charge in [-0.05, 0) is 31.0 Å². The van der Waals surface area contributed by atoms with E-state index in [-0.39, 0.29) is 6.61 Å². The molecule has 0 aliphatic heterocycles. The van der Waals surface area contributed by atoms with Gasteiger partial charge in [0.2, 0.25) is 0 Å². The Kier molecular flexibility index (Phi) is 3.63. The van der Waals surface area contributed by atoms with Gasteiger partial charge in [-0.2, -0.15) is 0 Å². The molecule has 1 N–H and O–H groups in total. The molecule has 2 aromatic rings. The van der Waals surface area contributed by atoms with Crippen molar-refractivity contribution in [3.8, 4) is 11.4 Å². The Morgan fingerprint density at radius 2 is 2.25 bits per heavy atom. The summed E-state index contributed by atoms with van der Waals surface area (Å²) in [5.74, 6) is 1.05. The summed E-state index contributed by atoms with van der Waals surface area (Å²) < 4.78 is 6.93. The van der Waals surface area contributed by atoms with Crippen LogP contribution in [-0.4, -0.2) is 27.2 Å². The molecule has 0 spiro atoms. The molecule has 1 aliphatic rings. The molecule has 1 aromatic carbocycles. The second kappa shape index (κ2) is 5.42. The maximum Gasteiger partial charge on any atom is 0.137 e. The lowest BCUT2D eigenvalue weighted by atomic mass is 9.82.